The van der Waals surface area contributed by atoms with Crippen LogP contribution in [0.1, 0.15) is 20.8 Å². The molecular formula is C15H19F2NO5. The van der Waals surface area contributed by atoms with Gasteiger partial charge in [0.25, 0.3) is 0 Å². The Kier molecular flexibility index (Phi) is 5.89. The number of carboxylic acid groups (broad SMARTS) is 1. The molecule has 0 heterocycles. The largest absolute Gasteiger partial charge is 0.488 e. The smallest absolute Gasteiger partial charge is 0.410 e. The lowest BCUT2D eigenvalue weighted by Crippen LogP contribution is -2.47. The second kappa shape index (κ2) is 7.26. The van der Waals surface area contributed by atoms with Crippen LogP contribution in [0.3, 0.4) is 0 Å². The molecule has 1 aromatic carbocycles. The molecule has 8 heteroatoms. The molecule has 0 aliphatic rings. The maximum atomic E-state index is 13.5. The average Bonchev–Trinajstić information content (AvgIpc) is 2.38. The van der Waals surface area contributed by atoms with Gasteiger partial charge in [0.2, 0.25) is 0 Å². The van der Waals surface area contributed by atoms with Gasteiger partial charge < -0.3 is 14.6 Å². The molecule has 0 aromatic heterocycles. The number of amides is 1. The maximum absolute atomic E-state index is 13.5. The number of carbonyl (C=O) groups excluding carboxylic acids is 1. The fraction of sp³-hybridized carbons (Fsp3) is 0.467. The number of rotatable bonds is 5. The van der Waals surface area contributed by atoms with Crippen LogP contribution >= 0.6 is 0 Å². The second-order valence-corrected chi connectivity index (χ2v) is 5.83. The summed E-state index contributed by atoms with van der Waals surface area (Å²) < 4.78 is 36.4. The molecule has 1 N–H and O–H groups in total. The van der Waals surface area contributed by atoms with Crippen LogP contribution in [0.15, 0.2) is 18.2 Å². The summed E-state index contributed by atoms with van der Waals surface area (Å²) in [5, 5.41) is 9.20. The first kappa shape index (κ1) is 18.7. The average molecular weight is 331 g/mol. The van der Waals surface area contributed by atoms with Crippen LogP contribution in [0.4, 0.5) is 13.6 Å². The highest BCUT2D eigenvalue weighted by Crippen LogP contribution is 2.18. The lowest BCUT2D eigenvalue weighted by Gasteiger charge is -2.28. The van der Waals surface area contributed by atoms with E-state index < -0.39 is 41.9 Å². The van der Waals surface area contributed by atoms with Gasteiger partial charge in [-0.2, -0.15) is 0 Å². The summed E-state index contributed by atoms with van der Waals surface area (Å²) >= 11 is 0. The molecule has 0 saturated heterocycles. The molecule has 0 fully saturated rings. The van der Waals surface area contributed by atoms with Gasteiger partial charge in [0.15, 0.2) is 17.6 Å². The monoisotopic (exact) mass is 331 g/mol. The van der Waals surface area contributed by atoms with E-state index in [-0.39, 0.29) is 5.75 Å². The first-order valence-corrected chi connectivity index (χ1v) is 6.77. The zero-order valence-electron chi connectivity index (χ0n) is 13.3. The Bertz CT molecular complexity index is 586. The van der Waals surface area contributed by atoms with Crippen LogP contribution in [0.2, 0.25) is 0 Å². The molecule has 1 atom stereocenters. The molecule has 0 aliphatic heterocycles. The molecule has 0 radical (unpaired) electrons. The fourth-order valence-corrected chi connectivity index (χ4v) is 1.57. The molecule has 1 aromatic rings. The predicted octanol–water partition coefficient (Wildman–Crippen LogP) is 2.66. The third-order valence-electron chi connectivity index (χ3n) is 2.72. The zero-order valence-corrected chi connectivity index (χ0v) is 13.3. The molecule has 1 rings (SSSR count). The lowest BCUT2D eigenvalue weighted by atomic mass is 10.2. The van der Waals surface area contributed by atoms with Gasteiger partial charge in [-0.1, -0.05) is 0 Å². The van der Waals surface area contributed by atoms with Crippen molar-refractivity contribution < 1.29 is 33.0 Å². The minimum absolute atomic E-state index is 0.310. The topological polar surface area (TPSA) is 76.1 Å². The Morgan fingerprint density at radius 1 is 1.30 bits per heavy atom. The molecule has 0 bridgehead atoms. The number of hydrogen-bond acceptors (Lipinski definition) is 4. The predicted molar refractivity (Wildman–Crippen MR) is 77.3 cm³/mol. The standard InChI is InChI=1S/C15H19F2NO5/c1-15(2,3)23-14(21)18(4)11(13(19)20)8-22-12-6-5-9(16)7-10(12)17/h5-7,11H,8H2,1-4H3,(H,19,20)/t11-/m0/s1. The number of benzene rings is 1. The highest BCUT2D eigenvalue weighted by molar-refractivity contribution is 5.80. The van der Waals surface area contributed by atoms with Crippen LogP contribution in [-0.2, 0) is 9.53 Å². The van der Waals surface area contributed by atoms with Gasteiger partial charge in [0.05, 0.1) is 0 Å². The van der Waals surface area contributed by atoms with Crippen LogP contribution in [-0.4, -0.2) is 47.4 Å². The SMILES string of the molecule is CN(C(=O)OC(C)(C)C)[C@@H](COc1ccc(F)cc1F)C(=O)O. The third kappa shape index (κ3) is 5.72. The number of ether oxygens (including phenoxy) is 2. The summed E-state index contributed by atoms with van der Waals surface area (Å²) in [6, 6.07) is 1.24. The number of hydrogen-bond donors (Lipinski definition) is 1. The number of nitrogens with zero attached hydrogens (tertiary/aromatic N) is 1. The van der Waals surface area contributed by atoms with Gasteiger partial charge in [0, 0.05) is 13.1 Å². The van der Waals surface area contributed by atoms with E-state index in [4.69, 9.17) is 9.47 Å². The maximum Gasteiger partial charge on any atom is 0.410 e. The molecule has 128 valence electrons. The fourth-order valence-electron chi connectivity index (χ4n) is 1.57. The highest BCUT2D eigenvalue weighted by atomic mass is 19.1. The van der Waals surface area contributed by atoms with Crippen molar-refractivity contribution in [1.29, 1.82) is 0 Å². The molecule has 0 spiro atoms. The molecule has 23 heavy (non-hydrogen) atoms. The number of halogens is 2. The Hall–Kier alpha value is -2.38. The Morgan fingerprint density at radius 2 is 1.91 bits per heavy atom. The van der Waals surface area contributed by atoms with E-state index in [1.54, 1.807) is 20.8 Å². The Morgan fingerprint density at radius 3 is 2.39 bits per heavy atom. The van der Waals surface area contributed by atoms with E-state index in [0.717, 1.165) is 17.0 Å². The van der Waals surface area contributed by atoms with E-state index in [2.05, 4.69) is 0 Å². The quantitative estimate of drug-likeness (QED) is 0.898. The summed E-state index contributed by atoms with van der Waals surface area (Å²) in [6.45, 7) is 4.39. The Balaban J connectivity index is 2.79. The van der Waals surface area contributed by atoms with Crippen molar-refractivity contribution in [3.63, 3.8) is 0 Å². The van der Waals surface area contributed by atoms with E-state index in [9.17, 15) is 23.5 Å². The summed E-state index contributed by atoms with van der Waals surface area (Å²) in [7, 11) is 1.23. The molecule has 6 nitrogen and oxygen atoms in total. The van der Waals surface area contributed by atoms with Crippen LogP contribution in [0, 0.1) is 11.6 Å². The van der Waals surface area contributed by atoms with Crippen LogP contribution < -0.4 is 4.74 Å². The van der Waals surface area contributed by atoms with E-state index in [0.29, 0.717) is 6.07 Å². The Labute approximate surface area is 132 Å². The normalized spacial score (nSPS) is 12.4. The minimum Gasteiger partial charge on any atom is -0.488 e. The van der Waals surface area contributed by atoms with Gasteiger partial charge in [-0.3, -0.25) is 4.90 Å². The lowest BCUT2D eigenvalue weighted by molar-refractivity contribution is -0.143. The molecule has 1 amide bonds. The first-order valence-electron chi connectivity index (χ1n) is 6.77. The van der Waals surface area contributed by atoms with E-state index >= 15 is 0 Å². The molecule has 0 aliphatic carbocycles. The number of aliphatic carboxylic acids is 1. The van der Waals surface area contributed by atoms with Crippen molar-refractivity contribution in [3.05, 3.63) is 29.8 Å². The van der Waals surface area contributed by atoms with Crippen LogP contribution in [0.25, 0.3) is 0 Å². The van der Waals surface area contributed by atoms with Gasteiger partial charge in [-0.15, -0.1) is 0 Å². The van der Waals surface area contributed by atoms with Gasteiger partial charge in [-0.25, -0.2) is 18.4 Å². The van der Waals surface area contributed by atoms with E-state index in [1.807, 2.05) is 0 Å². The zero-order chi connectivity index (χ0) is 17.8. The highest BCUT2D eigenvalue weighted by Gasteiger charge is 2.31. The van der Waals surface area contributed by atoms with Gasteiger partial charge in [0.1, 0.15) is 18.0 Å². The number of carboxylic acids is 1. The number of likely N-dealkylation sites (N-methyl/N-ethyl adjacent to an activating group) is 1. The summed E-state index contributed by atoms with van der Waals surface area (Å²) in [5.41, 5.74) is -0.793. The van der Waals surface area contributed by atoms with Crippen molar-refractivity contribution in [2.75, 3.05) is 13.7 Å². The second-order valence-electron chi connectivity index (χ2n) is 5.83. The molecule has 0 saturated carbocycles. The molecule has 0 unspecified atom stereocenters. The van der Waals surface area contributed by atoms with Crippen molar-refractivity contribution in [2.45, 2.75) is 32.4 Å². The summed E-state index contributed by atoms with van der Waals surface area (Å²) in [4.78, 5) is 24.0. The summed E-state index contributed by atoms with van der Waals surface area (Å²) in [5.74, 6) is -3.40. The van der Waals surface area contributed by atoms with Crippen molar-refractivity contribution in [1.82, 2.24) is 4.90 Å². The summed E-state index contributed by atoms with van der Waals surface area (Å²) in [6.07, 6.45) is -0.854. The minimum atomic E-state index is -1.39. The van der Waals surface area contributed by atoms with Crippen LogP contribution in [0.5, 0.6) is 5.75 Å². The molecular weight excluding hydrogens is 312 g/mol. The van der Waals surface area contributed by atoms with Crippen molar-refractivity contribution in [2.24, 2.45) is 0 Å². The number of carbonyl (C=O) groups is 2. The van der Waals surface area contributed by atoms with Gasteiger partial charge >= 0.3 is 12.1 Å². The van der Waals surface area contributed by atoms with Crippen molar-refractivity contribution >= 4 is 12.1 Å². The first-order chi connectivity index (χ1) is 10.5. The third-order valence-corrected chi connectivity index (χ3v) is 2.72. The van der Waals surface area contributed by atoms with E-state index in [1.165, 1.54) is 7.05 Å². The van der Waals surface area contributed by atoms with Gasteiger partial charge in [-0.05, 0) is 32.9 Å². The van der Waals surface area contributed by atoms with Crippen molar-refractivity contribution in [3.8, 4) is 5.75 Å².